The Morgan fingerprint density at radius 3 is 2.19 bits per heavy atom. The van der Waals surface area contributed by atoms with Crippen molar-refractivity contribution < 1.29 is 9.53 Å². The maximum absolute atomic E-state index is 12.9. The summed E-state index contributed by atoms with van der Waals surface area (Å²) in [5.74, 6) is 1.61. The number of methoxy groups -OCH3 is 1. The highest BCUT2D eigenvalue weighted by Gasteiger charge is 2.37. The zero-order valence-electron chi connectivity index (χ0n) is 17.2. The summed E-state index contributed by atoms with van der Waals surface area (Å²) in [6, 6.07) is 8.70. The zero-order chi connectivity index (χ0) is 19.2. The molecule has 1 amide bonds. The highest BCUT2D eigenvalue weighted by atomic mass is 16.5. The Morgan fingerprint density at radius 2 is 1.67 bits per heavy atom. The van der Waals surface area contributed by atoms with E-state index in [4.69, 9.17) is 4.74 Å². The third-order valence-electron chi connectivity index (χ3n) is 6.10. The second-order valence-corrected chi connectivity index (χ2v) is 7.75. The summed E-state index contributed by atoms with van der Waals surface area (Å²) in [6.45, 7) is 10.4. The van der Waals surface area contributed by atoms with E-state index in [1.807, 2.05) is 12.1 Å². The number of amides is 1. The third-order valence-corrected chi connectivity index (χ3v) is 6.10. The van der Waals surface area contributed by atoms with Gasteiger partial charge in [0.25, 0.3) is 0 Å². The van der Waals surface area contributed by atoms with Crippen LogP contribution in [0.1, 0.15) is 39.5 Å². The molecule has 1 aliphatic heterocycles. The predicted molar refractivity (Wildman–Crippen MR) is 110 cm³/mol. The van der Waals surface area contributed by atoms with Gasteiger partial charge in [-0.3, -0.25) is 4.79 Å². The van der Waals surface area contributed by atoms with E-state index >= 15 is 0 Å². The number of benzene rings is 1. The Kier molecular flexibility index (Phi) is 7.00. The van der Waals surface area contributed by atoms with E-state index in [9.17, 15) is 4.79 Å². The number of anilines is 1. The van der Waals surface area contributed by atoms with Crippen LogP contribution in [0.3, 0.4) is 0 Å². The van der Waals surface area contributed by atoms with Crippen LogP contribution < -0.4 is 9.64 Å². The lowest BCUT2D eigenvalue weighted by Gasteiger charge is -2.40. The molecule has 0 spiro atoms. The van der Waals surface area contributed by atoms with Gasteiger partial charge >= 0.3 is 0 Å². The number of carbonyl (C=O) groups excluding carboxylic acids is 1. The second kappa shape index (κ2) is 9.45. The average molecular weight is 374 g/mol. The van der Waals surface area contributed by atoms with Crippen molar-refractivity contribution in [2.24, 2.45) is 5.92 Å². The Morgan fingerprint density at radius 1 is 1.04 bits per heavy atom. The zero-order valence-corrected chi connectivity index (χ0v) is 17.2. The maximum atomic E-state index is 12.9. The summed E-state index contributed by atoms with van der Waals surface area (Å²) >= 11 is 0. The van der Waals surface area contributed by atoms with Crippen LogP contribution in [0.25, 0.3) is 0 Å². The lowest BCUT2D eigenvalue weighted by atomic mass is 10.0. The molecule has 2 fully saturated rings. The quantitative estimate of drug-likeness (QED) is 0.666. The first-order chi connectivity index (χ1) is 13.2. The van der Waals surface area contributed by atoms with Crippen molar-refractivity contribution in [2.45, 2.75) is 45.6 Å². The van der Waals surface area contributed by atoms with Crippen molar-refractivity contribution in [1.82, 2.24) is 9.80 Å². The summed E-state index contributed by atoms with van der Waals surface area (Å²) in [6.07, 6.45) is 4.29. The van der Waals surface area contributed by atoms with Crippen LogP contribution in [0.4, 0.5) is 5.69 Å². The normalized spacial score (nSPS) is 18.0. The number of hydrogen-bond donors (Lipinski definition) is 0. The second-order valence-electron chi connectivity index (χ2n) is 7.75. The number of piperidine rings is 1. The summed E-state index contributed by atoms with van der Waals surface area (Å²) < 4.78 is 5.26. The summed E-state index contributed by atoms with van der Waals surface area (Å²) in [4.78, 5) is 20.0. The van der Waals surface area contributed by atoms with Crippen molar-refractivity contribution in [3.63, 3.8) is 0 Å². The van der Waals surface area contributed by atoms with Crippen LogP contribution in [0.15, 0.2) is 24.3 Å². The summed E-state index contributed by atoms with van der Waals surface area (Å²) in [5, 5.41) is 0. The Hall–Kier alpha value is -1.75. The van der Waals surface area contributed by atoms with Crippen LogP contribution >= 0.6 is 0 Å². The van der Waals surface area contributed by atoms with E-state index in [-0.39, 0.29) is 0 Å². The molecule has 1 saturated carbocycles. The lowest BCUT2D eigenvalue weighted by molar-refractivity contribution is -0.135. The third kappa shape index (κ3) is 5.16. The molecule has 150 valence electrons. The molecule has 0 aromatic heterocycles. The molecule has 1 aliphatic carbocycles. The number of carbonyl (C=O) groups is 1. The predicted octanol–water partition coefficient (Wildman–Crippen LogP) is 3.24. The van der Waals surface area contributed by atoms with Gasteiger partial charge < -0.3 is 19.4 Å². The molecule has 5 nitrogen and oxygen atoms in total. The van der Waals surface area contributed by atoms with Gasteiger partial charge in [-0.25, -0.2) is 0 Å². The van der Waals surface area contributed by atoms with Gasteiger partial charge in [0.2, 0.25) is 5.91 Å². The van der Waals surface area contributed by atoms with Crippen molar-refractivity contribution >= 4 is 11.6 Å². The van der Waals surface area contributed by atoms with Gasteiger partial charge in [-0.1, -0.05) is 13.8 Å². The minimum atomic E-state index is 0.307. The molecule has 1 heterocycles. The highest BCUT2D eigenvalue weighted by molar-refractivity contribution is 5.81. The first kappa shape index (κ1) is 20.0. The van der Waals surface area contributed by atoms with Gasteiger partial charge in [0, 0.05) is 43.8 Å². The van der Waals surface area contributed by atoms with Crippen LogP contribution in [0.5, 0.6) is 5.75 Å². The standard InChI is InChI=1S/C22H35N3O2/c1-4-23(5-2)16-17-25(22(26)18-6-7-18)20-12-14-24(15-13-20)19-8-10-21(27-3)11-9-19/h8-11,18,20H,4-7,12-17H2,1-3H3. The van der Waals surface area contributed by atoms with E-state index in [1.165, 1.54) is 5.69 Å². The van der Waals surface area contributed by atoms with Gasteiger partial charge in [-0.2, -0.15) is 0 Å². The molecule has 27 heavy (non-hydrogen) atoms. The molecule has 0 N–H and O–H groups in total. The van der Waals surface area contributed by atoms with E-state index < -0.39 is 0 Å². The molecule has 2 aliphatic rings. The van der Waals surface area contributed by atoms with Gasteiger partial charge in [0.15, 0.2) is 0 Å². The fourth-order valence-electron chi connectivity index (χ4n) is 4.06. The Bertz CT molecular complexity index is 588. The number of nitrogens with zero attached hydrogens (tertiary/aromatic N) is 3. The number of likely N-dealkylation sites (N-methyl/N-ethyl adjacent to an activating group) is 1. The SMILES string of the molecule is CCN(CC)CCN(C(=O)C1CC1)C1CCN(c2ccc(OC)cc2)CC1. The van der Waals surface area contributed by atoms with Crippen molar-refractivity contribution in [3.8, 4) is 5.75 Å². The number of ether oxygens (including phenoxy) is 1. The number of hydrogen-bond acceptors (Lipinski definition) is 4. The fourth-order valence-corrected chi connectivity index (χ4v) is 4.06. The first-order valence-electron chi connectivity index (χ1n) is 10.6. The average Bonchev–Trinajstić information content (AvgIpc) is 3.57. The van der Waals surface area contributed by atoms with Crippen molar-refractivity contribution in [2.75, 3.05) is 51.3 Å². The molecule has 1 saturated heterocycles. The van der Waals surface area contributed by atoms with E-state index in [0.29, 0.717) is 17.9 Å². The van der Waals surface area contributed by atoms with E-state index in [0.717, 1.165) is 70.7 Å². The van der Waals surface area contributed by atoms with Crippen LogP contribution in [-0.2, 0) is 4.79 Å². The van der Waals surface area contributed by atoms with Crippen LogP contribution in [0, 0.1) is 5.92 Å². The molecule has 1 aromatic carbocycles. The minimum Gasteiger partial charge on any atom is -0.497 e. The molecular weight excluding hydrogens is 338 g/mol. The monoisotopic (exact) mass is 373 g/mol. The van der Waals surface area contributed by atoms with Gasteiger partial charge in [-0.05, 0) is 63.0 Å². The topological polar surface area (TPSA) is 36.0 Å². The lowest BCUT2D eigenvalue weighted by Crippen LogP contribution is -2.50. The molecule has 0 unspecified atom stereocenters. The maximum Gasteiger partial charge on any atom is 0.225 e. The Labute approximate surface area is 164 Å². The van der Waals surface area contributed by atoms with Gasteiger partial charge in [0.1, 0.15) is 5.75 Å². The first-order valence-corrected chi connectivity index (χ1v) is 10.6. The molecule has 0 atom stereocenters. The molecule has 0 bridgehead atoms. The fraction of sp³-hybridized carbons (Fsp3) is 0.682. The minimum absolute atomic E-state index is 0.307. The molecule has 0 radical (unpaired) electrons. The van der Waals surface area contributed by atoms with Gasteiger partial charge in [0.05, 0.1) is 7.11 Å². The van der Waals surface area contributed by atoms with Crippen LogP contribution in [0.2, 0.25) is 0 Å². The smallest absolute Gasteiger partial charge is 0.225 e. The molecular formula is C22H35N3O2. The largest absolute Gasteiger partial charge is 0.497 e. The molecule has 3 rings (SSSR count). The van der Waals surface area contributed by atoms with Crippen molar-refractivity contribution in [3.05, 3.63) is 24.3 Å². The van der Waals surface area contributed by atoms with E-state index in [1.54, 1.807) is 7.11 Å². The van der Waals surface area contributed by atoms with Crippen molar-refractivity contribution in [1.29, 1.82) is 0 Å². The van der Waals surface area contributed by atoms with E-state index in [2.05, 4.69) is 40.7 Å². The summed E-state index contributed by atoms with van der Waals surface area (Å²) in [5.41, 5.74) is 1.25. The number of rotatable bonds is 9. The van der Waals surface area contributed by atoms with Gasteiger partial charge in [-0.15, -0.1) is 0 Å². The van der Waals surface area contributed by atoms with Crippen LogP contribution in [-0.4, -0.2) is 68.1 Å². The highest BCUT2D eigenvalue weighted by Crippen LogP contribution is 2.33. The Balaban J connectivity index is 1.58. The summed E-state index contributed by atoms with van der Waals surface area (Å²) in [7, 11) is 1.70. The molecule has 5 heteroatoms. The molecule has 1 aromatic rings.